The van der Waals surface area contributed by atoms with Gasteiger partial charge in [0.1, 0.15) is 56.8 Å². The summed E-state index contributed by atoms with van der Waals surface area (Å²) in [5, 5.41) is 0. The van der Waals surface area contributed by atoms with Gasteiger partial charge in [0, 0.05) is 0 Å². The van der Waals surface area contributed by atoms with Gasteiger partial charge >= 0.3 is 11.5 Å². The number of hydrogen-bond acceptors (Lipinski definition) is 0. The molecule has 0 saturated heterocycles. The first-order chi connectivity index (χ1) is 18.5. The normalized spacial score (nSPS) is 12.0. The monoisotopic (exact) mass is 867 g/mol. The van der Waals surface area contributed by atoms with E-state index in [4.69, 9.17) is 0 Å². The van der Waals surface area contributed by atoms with Crippen LogP contribution in [0.4, 0.5) is 0 Å². The summed E-state index contributed by atoms with van der Waals surface area (Å²) in [6.45, 7) is 19.4. The van der Waals surface area contributed by atoms with Crippen LogP contribution in [0.5, 0.6) is 0 Å². The van der Waals surface area contributed by atoms with Gasteiger partial charge in [0.2, 0.25) is 0 Å². The van der Waals surface area contributed by atoms with Gasteiger partial charge < -0.3 is 0 Å². The summed E-state index contributed by atoms with van der Waals surface area (Å²) in [5.41, 5.74) is 4.05. The average Bonchev–Trinajstić information content (AvgIpc) is 3.47. The lowest BCUT2D eigenvalue weighted by molar-refractivity contribution is -0.702. The quantitative estimate of drug-likeness (QED) is 0.126. The number of halogens is 3. The molecule has 0 aliphatic carbocycles. The van der Waals surface area contributed by atoms with Crippen molar-refractivity contribution in [3.8, 4) is 0 Å². The molecule has 0 atom stereocenters. The third-order valence-corrected chi connectivity index (χ3v) is 10.3. The molecule has 0 amide bonds. The molecule has 0 N–H and O–H groups in total. The highest BCUT2D eigenvalue weighted by atomic mass is 127. The first-order valence-corrected chi connectivity index (χ1v) is 17.1. The Morgan fingerprint density at radius 1 is 0.513 bits per heavy atom. The fraction of sp³-hybridized carbons (Fsp3) is 0.500. The van der Waals surface area contributed by atoms with E-state index in [-0.39, 0.29) is 0 Å². The van der Waals surface area contributed by atoms with Crippen LogP contribution in [0.15, 0.2) is 55.4 Å². The molecule has 0 radical (unpaired) electrons. The average molecular weight is 867 g/mol. The van der Waals surface area contributed by atoms with Crippen molar-refractivity contribution in [1.29, 1.82) is 0 Å². The molecule has 210 valence electrons. The highest BCUT2D eigenvalue weighted by Gasteiger charge is 2.20. The van der Waals surface area contributed by atoms with E-state index in [2.05, 4.69) is 192 Å². The van der Waals surface area contributed by atoms with Crippen molar-refractivity contribution in [2.24, 2.45) is 17.8 Å². The molecule has 1 aromatic carbocycles. The van der Waals surface area contributed by atoms with Gasteiger partial charge in [-0.1, -0.05) is 41.5 Å². The Hall–Kier alpha value is -0.960. The lowest BCUT2D eigenvalue weighted by Gasteiger charge is -2.09. The lowest BCUT2D eigenvalue weighted by Crippen LogP contribution is -2.39. The molecule has 4 aromatic rings. The minimum atomic E-state index is 0.624. The van der Waals surface area contributed by atoms with E-state index < -0.39 is 0 Å². The van der Waals surface area contributed by atoms with E-state index in [1.54, 1.807) is 0 Å². The predicted molar refractivity (Wildman–Crippen MR) is 180 cm³/mol. The Balaban J connectivity index is 1.65. The van der Waals surface area contributed by atoms with Crippen LogP contribution in [-0.4, -0.2) is 13.7 Å². The second-order valence-corrected chi connectivity index (χ2v) is 14.8. The van der Waals surface area contributed by atoms with Crippen molar-refractivity contribution in [2.45, 2.75) is 80.8 Å². The molecule has 0 fully saturated rings. The van der Waals surface area contributed by atoms with Crippen LogP contribution in [0.1, 0.15) is 58.2 Å². The molecule has 0 aliphatic heterocycles. The number of benzene rings is 1. The first-order valence-electron chi connectivity index (χ1n) is 13.8. The summed E-state index contributed by atoms with van der Waals surface area (Å²) in [5.74, 6) is 1.87. The molecule has 39 heavy (non-hydrogen) atoms. The topological polar surface area (TPSA) is 26.4 Å². The third-order valence-electron chi connectivity index (χ3n) is 6.56. The summed E-state index contributed by atoms with van der Waals surface area (Å²) in [6, 6.07) is 7.19. The van der Waals surface area contributed by atoms with Crippen LogP contribution in [0.2, 0.25) is 0 Å². The molecule has 0 aliphatic rings. The minimum Gasteiger partial charge on any atom is -0.225 e. The molecular weight excluding hydrogens is 825 g/mol. The molecule has 0 saturated carbocycles. The molecule has 3 heterocycles. The zero-order chi connectivity index (χ0) is 28.3. The fourth-order valence-corrected chi connectivity index (χ4v) is 7.06. The van der Waals surface area contributed by atoms with Crippen molar-refractivity contribution < 1.29 is 13.7 Å². The Kier molecular flexibility index (Phi) is 11.0. The van der Waals surface area contributed by atoms with Crippen LogP contribution in [-0.2, 0) is 39.3 Å². The van der Waals surface area contributed by atoms with Crippen molar-refractivity contribution >= 4 is 67.8 Å². The number of hydrogen-bond donors (Lipinski definition) is 0. The first kappa shape index (κ1) is 31.0. The van der Waals surface area contributed by atoms with Crippen LogP contribution in [0, 0.1) is 29.2 Å². The smallest absolute Gasteiger partial charge is 0.225 e. The highest BCUT2D eigenvalue weighted by Crippen LogP contribution is 2.15. The van der Waals surface area contributed by atoms with Gasteiger partial charge in [0.05, 0.1) is 87.4 Å². The highest BCUT2D eigenvalue weighted by molar-refractivity contribution is 14.1. The van der Waals surface area contributed by atoms with E-state index >= 15 is 0 Å². The molecule has 4 rings (SSSR count). The molecule has 6 nitrogen and oxygen atoms in total. The second kappa shape index (κ2) is 13.8. The predicted octanol–water partition coefficient (Wildman–Crippen LogP) is 5.88. The summed E-state index contributed by atoms with van der Waals surface area (Å²) in [6.07, 6.45) is 13.3. The van der Waals surface area contributed by atoms with Crippen LogP contribution >= 0.6 is 67.8 Å². The molecule has 0 unspecified atom stereocenters. The van der Waals surface area contributed by atoms with Gasteiger partial charge in [-0.3, -0.25) is 0 Å². The van der Waals surface area contributed by atoms with E-state index in [9.17, 15) is 0 Å². The van der Waals surface area contributed by atoms with E-state index in [1.807, 2.05) is 0 Å². The van der Waals surface area contributed by atoms with Crippen molar-refractivity contribution in [3.05, 3.63) is 83.6 Å². The van der Waals surface area contributed by atoms with E-state index in [1.165, 1.54) is 28.2 Å². The van der Waals surface area contributed by atoms with Gasteiger partial charge in [-0.2, -0.15) is 0 Å². The molecule has 9 heteroatoms. The molecule has 0 bridgehead atoms. The summed E-state index contributed by atoms with van der Waals surface area (Å²) in [7, 11) is 0. The fourth-order valence-electron chi connectivity index (χ4n) is 4.99. The minimum absolute atomic E-state index is 0.624. The SMILES string of the molecule is CC(C)Cn1cc[n+](Cc2cc(C[n+]3ccn(CC(C)C)c3I)cc(C[n+]3ccn(CC(C)C)c3I)c2)c1I. The van der Waals surface area contributed by atoms with Crippen molar-refractivity contribution in [3.63, 3.8) is 0 Å². The Bertz CT molecular complexity index is 1220. The van der Waals surface area contributed by atoms with Crippen LogP contribution < -0.4 is 13.7 Å². The van der Waals surface area contributed by atoms with Gasteiger partial charge in [-0.25, -0.2) is 27.4 Å². The largest absolute Gasteiger partial charge is 0.317 e. The summed E-state index contributed by atoms with van der Waals surface area (Å²) in [4.78, 5) is 0. The number of rotatable bonds is 12. The molecular formula is C30H42I3N6+3. The summed E-state index contributed by atoms with van der Waals surface area (Å²) >= 11 is 7.48. The number of aromatic nitrogens is 6. The zero-order valence-corrected chi connectivity index (χ0v) is 30.5. The van der Waals surface area contributed by atoms with Gasteiger partial charge in [0.25, 0.3) is 0 Å². The maximum atomic E-state index is 2.49. The Morgan fingerprint density at radius 2 is 0.769 bits per heavy atom. The second-order valence-electron chi connectivity index (χ2n) is 11.9. The third kappa shape index (κ3) is 8.30. The standard InChI is InChI=1S/C30H42I3N6/c1-22(2)16-34-7-10-37(28(34)31)19-25-13-26(20-38-11-8-35(29(38)32)17-23(3)4)15-27(14-25)21-39-12-9-36(30(39)33)18-24(5)6/h7-15,22-24H,16-21H2,1-6H3/q+3. The Labute approximate surface area is 274 Å². The van der Waals surface area contributed by atoms with Crippen LogP contribution in [0.3, 0.4) is 0 Å². The van der Waals surface area contributed by atoms with E-state index in [0.29, 0.717) is 17.8 Å². The van der Waals surface area contributed by atoms with Crippen LogP contribution in [0.25, 0.3) is 0 Å². The number of imidazole rings is 3. The maximum absolute atomic E-state index is 2.49. The van der Waals surface area contributed by atoms with Gasteiger partial charge in [-0.05, 0) is 52.6 Å². The van der Waals surface area contributed by atoms with Crippen molar-refractivity contribution in [1.82, 2.24) is 13.7 Å². The van der Waals surface area contributed by atoms with Gasteiger partial charge in [0.15, 0.2) is 0 Å². The zero-order valence-electron chi connectivity index (χ0n) is 24.0. The lowest BCUT2D eigenvalue weighted by atomic mass is 10.0. The maximum Gasteiger partial charge on any atom is 0.317 e. The Morgan fingerprint density at radius 3 is 1.00 bits per heavy atom. The number of nitrogens with zero attached hydrogens (tertiary/aromatic N) is 6. The molecule has 0 spiro atoms. The molecule has 3 aromatic heterocycles. The van der Waals surface area contributed by atoms with Gasteiger partial charge in [-0.15, -0.1) is 0 Å². The summed E-state index contributed by atoms with van der Waals surface area (Å²) < 4.78 is 18.0. The van der Waals surface area contributed by atoms with E-state index in [0.717, 1.165) is 39.3 Å². The van der Waals surface area contributed by atoms with Crippen molar-refractivity contribution in [2.75, 3.05) is 0 Å².